The molecule has 0 saturated carbocycles. The Labute approximate surface area is 266 Å². The van der Waals surface area contributed by atoms with Gasteiger partial charge in [-0.3, -0.25) is 0 Å². The monoisotopic (exact) mass is 581 g/mol. The van der Waals surface area contributed by atoms with Crippen LogP contribution in [0.1, 0.15) is 16.7 Å². The van der Waals surface area contributed by atoms with Gasteiger partial charge in [0.2, 0.25) is 0 Å². The quantitative estimate of drug-likeness (QED) is 0.194. The molecule has 0 spiro atoms. The first-order valence-corrected chi connectivity index (χ1v) is 15.0. The summed E-state index contributed by atoms with van der Waals surface area (Å²) >= 11 is 0. The Bertz CT molecular complexity index is 2580. The summed E-state index contributed by atoms with van der Waals surface area (Å²) in [5.74, 6) is 0. The van der Waals surface area contributed by atoms with Gasteiger partial charge in [-0.2, -0.15) is 15.8 Å². The van der Waals surface area contributed by atoms with Gasteiger partial charge in [0.05, 0.1) is 34.9 Å². The molecule has 0 radical (unpaired) electrons. The number of rotatable bonds is 4. The van der Waals surface area contributed by atoms with Gasteiger partial charge in [-0.15, -0.1) is 0 Å². The summed E-state index contributed by atoms with van der Waals surface area (Å²) in [7, 11) is 0. The van der Waals surface area contributed by atoms with Gasteiger partial charge in [0.15, 0.2) is 0 Å². The fraction of sp³-hybridized carbons (Fsp3) is 0. The highest BCUT2D eigenvalue weighted by molar-refractivity contribution is 6.31. The molecule has 0 saturated heterocycles. The first-order valence-electron chi connectivity index (χ1n) is 15.0. The number of nitrogens with zero attached hydrogens (tertiary/aromatic N) is 3. The van der Waals surface area contributed by atoms with E-state index in [4.69, 9.17) is 0 Å². The van der Waals surface area contributed by atoms with Crippen LogP contribution in [0.2, 0.25) is 0 Å². The molecule has 8 aromatic rings. The lowest BCUT2D eigenvalue weighted by molar-refractivity contribution is 1.48. The van der Waals surface area contributed by atoms with E-state index in [1.807, 2.05) is 72.8 Å². The van der Waals surface area contributed by atoms with Gasteiger partial charge in [-0.25, -0.2) is 0 Å². The molecule has 46 heavy (non-hydrogen) atoms. The minimum absolute atomic E-state index is 0.609. The van der Waals surface area contributed by atoms with Crippen LogP contribution in [0.15, 0.2) is 140 Å². The Hall–Kier alpha value is -6.73. The van der Waals surface area contributed by atoms with Crippen LogP contribution < -0.4 is 0 Å². The van der Waals surface area contributed by atoms with Crippen molar-refractivity contribution >= 4 is 32.3 Å². The van der Waals surface area contributed by atoms with E-state index in [-0.39, 0.29) is 0 Å². The fourth-order valence-corrected chi connectivity index (χ4v) is 6.77. The largest absolute Gasteiger partial charge is 0.192 e. The number of hydrogen-bond acceptors (Lipinski definition) is 3. The zero-order valence-corrected chi connectivity index (χ0v) is 24.6. The van der Waals surface area contributed by atoms with Crippen LogP contribution in [-0.2, 0) is 0 Å². The van der Waals surface area contributed by atoms with E-state index in [2.05, 4.69) is 84.9 Å². The molecule has 0 bridgehead atoms. The molecule has 0 N–H and O–H groups in total. The van der Waals surface area contributed by atoms with Crippen LogP contribution in [0.3, 0.4) is 0 Å². The van der Waals surface area contributed by atoms with Crippen LogP contribution >= 0.6 is 0 Å². The predicted octanol–water partition coefficient (Wildman–Crippen LogP) is 10.9. The smallest absolute Gasteiger partial charge is 0.0991 e. The van der Waals surface area contributed by atoms with Crippen LogP contribution in [0.5, 0.6) is 0 Å². The van der Waals surface area contributed by atoms with Crippen molar-refractivity contribution in [3.05, 3.63) is 156 Å². The van der Waals surface area contributed by atoms with Crippen molar-refractivity contribution in [1.29, 1.82) is 15.8 Å². The SMILES string of the molecule is N#Cc1ccc(-c2cc(-c3ccccc3)c3ccc4c(-c5ccc(C#N)cc5)cc(-c5cccc(C#N)c5)c5ccc2c3c45)cc1. The van der Waals surface area contributed by atoms with Crippen LogP contribution in [0.25, 0.3) is 76.8 Å². The van der Waals surface area contributed by atoms with E-state index in [0.717, 1.165) is 71.4 Å². The molecule has 0 atom stereocenters. The molecule has 210 valence electrons. The standard InChI is InChI=1S/C43H23N3/c44-24-27-9-13-31(14-10-27)39-22-38(30-6-2-1-3-7-30)34-17-18-36-40(32-15-11-28(25-45)12-16-32)23-41(33-8-4-5-29(21-33)26-46)37-20-19-35(39)42(34)43(36)37/h1-23H. The van der Waals surface area contributed by atoms with E-state index in [1.54, 1.807) is 0 Å². The molecule has 0 aliphatic rings. The summed E-state index contributed by atoms with van der Waals surface area (Å²) in [6, 6.07) is 53.9. The van der Waals surface area contributed by atoms with E-state index < -0.39 is 0 Å². The second-order valence-corrected chi connectivity index (χ2v) is 11.5. The average Bonchev–Trinajstić information content (AvgIpc) is 3.14. The maximum atomic E-state index is 9.74. The fourth-order valence-electron chi connectivity index (χ4n) is 6.77. The molecule has 3 heteroatoms. The summed E-state index contributed by atoms with van der Waals surface area (Å²) < 4.78 is 0. The zero-order valence-electron chi connectivity index (χ0n) is 24.6. The molecule has 3 nitrogen and oxygen atoms in total. The van der Waals surface area contributed by atoms with Gasteiger partial charge in [-0.1, -0.05) is 91.0 Å². The average molecular weight is 582 g/mol. The summed E-state index contributed by atoms with van der Waals surface area (Å²) in [5, 5.41) is 35.5. The van der Waals surface area contributed by atoms with Crippen molar-refractivity contribution in [2.45, 2.75) is 0 Å². The number of nitriles is 3. The molecule has 8 aromatic carbocycles. The van der Waals surface area contributed by atoms with Crippen molar-refractivity contribution in [1.82, 2.24) is 0 Å². The zero-order chi connectivity index (χ0) is 31.2. The maximum Gasteiger partial charge on any atom is 0.0991 e. The summed E-state index contributed by atoms with van der Waals surface area (Å²) in [4.78, 5) is 0. The lowest BCUT2D eigenvalue weighted by Crippen LogP contribution is -1.94. The minimum atomic E-state index is 0.609. The van der Waals surface area contributed by atoms with E-state index in [1.165, 1.54) is 5.39 Å². The van der Waals surface area contributed by atoms with E-state index in [0.29, 0.717) is 16.7 Å². The van der Waals surface area contributed by atoms with E-state index >= 15 is 0 Å². The summed E-state index contributed by atoms with van der Waals surface area (Å²) in [6.07, 6.45) is 0. The maximum absolute atomic E-state index is 9.74. The highest BCUT2D eigenvalue weighted by atomic mass is 14.3. The Morgan fingerprint density at radius 2 is 0.696 bits per heavy atom. The molecule has 0 aromatic heterocycles. The van der Waals surface area contributed by atoms with Gasteiger partial charge in [0.25, 0.3) is 0 Å². The topological polar surface area (TPSA) is 71.4 Å². The van der Waals surface area contributed by atoms with Gasteiger partial charge < -0.3 is 0 Å². The summed E-state index contributed by atoms with van der Waals surface area (Å²) in [5.41, 5.74) is 10.4. The molecular weight excluding hydrogens is 558 g/mol. The molecule has 0 aliphatic heterocycles. The van der Waals surface area contributed by atoms with Crippen molar-refractivity contribution < 1.29 is 0 Å². The lowest BCUT2D eigenvalue weighted by atomic mass is 9.82. The van der Waals surface area contributed by atoms with Crippen molar-refractivity contribution in [2.24, 2.45) is 0 Å². The van der Waals surface area contributed by atoms with Crippen molar-refractivity contribution in [3.63, 3.8) is 0 Å². The Morgan fingerprint density at radius 1 is 0.304 bits per heavy atom. The number of benzene rings is 8. The van der Waals surface area contributed by atoms with Gasteiger partial charge >= 0.3 is 0 Å². The van der Waals surface area contributed by atoms with Crippen molar-refractivity contribution in [3.8, 4) is 62.7 Å². The third kappa shape index (κ3) is 4.26. The highest BCUT2D eigenvalue weighted by Crippen LogP contribution is 2.48. The highest BCUT2D eigenvalue weighted by Gasteiger charge is 2.21. The predicted molar refractivity (Wildman–Crippen MR) is 186 cm³/mol. The van der Waals surface area contributed by atoms with Gasteiger partial charge in [-0.05, 0) is 125 Å². The first kappa shape index (κ1) is 26.9. The normalized spacial score (nSPS) is 11.0. The van der Waals surface area contributed by atoms with Crippen molar-refractivity contribution in [2.75, 3.05) is 0 Å². The second kappa shape index (κ2) is 10.8. The first-order chi connectivity index (χ1) is 22.7. The van der Waals surface area contributed by atoms with Crippen LogP contribution in [0.4, 0.5) is 0 Å². The van der Waals surface area contributed by atoms with E-state index in [9.17, 15) is 15.8 Å². The molecule has 0 unspecified atom stereocenters. The van der Waals surface area contributed by atoms with Gasteiger partial charge in [0.1, 0.15) is 0 Å². The Kier molecular flexibility index (Phi) is 6.29. The third-order valence-electron chi connectivity index (χ3n) is 8.94. The van der Waals surface area contributed by atoms with Crippen LogP contribution in [-0.4, -0.2) is 0 Å². The minimum Gasteiger partial charge on any atom is -0.192 e. The third-order valence-corrected chi connectivity index (χ3v) is 8.94. The molecule has 0 aliphatic carbocycles. The molecule has 0 fully saturated rings. The molecule has 0 amide bonds. The lowest BCUT2D eigenvalue weighted by Gasteiger charge is -2.21. The number of hydrogen-bond donors (Lipinski definition) is 0. The Morgan fingerprint density at radius 3 is 1.13 bits per heavy atom. The van der Waals surface area contributed by atoms with Gasteiger partial charge in [0, 0.05) is 0 Å². The molecule has 0 heterocycles. The summed E-state index contributed by atoms with van der Waals surface area (Å²) in [6.45, 7) is 0. The Balaban J connectivity index is 1.55. The second-order valence-electron chi connectivity index (χ2n) is 11.5. The molecular formula is C43H23N3. The molecule has 8 rings (SSSR count). The van der Waals surface area contributed by atoms with Crippen LogP contribution in [0, 0.1) is 34.0 Å².